The fourth-order valence-corrected chi connectivity index (χ4v) is 15.5. The maximum Gasteiger partial charge on any atom is 0.340 e. The van der Waals surface area contributed by atoms with E-state index in [0.29, 0.717) is 146 Å². The average Bonchev–Trinajstić information content (AvgIpc) is 1.54. The molecule has 0 radical (unpaired) electrons. The van der Waals surface area contributed by atoms with Crippen LogP contribution in [0.4, 0.5) is 10.1 Å². The summed E-state index contributed by atoms with van der Waals surface area (Å²) in [5, 5.41) is 20.0. The van der Waals surface area contributed by atoms with E-state index in [1.54, 1.807) is 47.4 Å². The summed E-state index contributed by atoms with van der Waals surface area (Å²) in [5.41, 5.74) is 5.07. The minimum Gasteiger partial charge on any atom is -0.477 e. The van der Waals surface area contributed by atoms with Crippen molar-refractivity contribution in [3.8, 4) is 27.4 Å². The van der Waals surface area contributed by atoms with Crippen molar-refractivity contribution in [2.24, 2.45) is 5.92 Å². The van der Waals surface area contributed by atoms with Crippen LogP contribution < -0.4 is 25.3 Å². The first-order valence-corrected chi connectivity index (χ1v) is 33.7. The number of aryl methyl sites for hydroxylation is 1. The SMILES string of the molecule is COC(=O)CNC(=O)CNC(=O)Cn1nc2c3c(cccc31)-c1cc3c(cnn3[N+]3(C(=O)CCC(=O)N4CCC(C(=O)N5CCN(C(=O)C6(Oc7ccccc7-c7nc8cccc(Cl)c8s7)CCN(C=O)CC6)CC5)CC4)CCC2CC3)cc1F.O=C1CCc2ccccc2N1. The molecule has 0 atom stereocenters. The first-order valence-electron chi connectivity index (χ1n) is 32.5. The number of amides is 8. The molecule has 10 heterocycles. The number of carbonyl (C=O) groups is 9. The van der Waals surface area contributed by atoms with Gasteiger partial charge < -0.3 is 45.0 Å². The van der Waals surface area contributed by atoms with Crippen LogP contribution in [0.1, 0.15) is 75.0 Å². The number of piperidine rings is 3. The maximum atomic E-state index is 16.3. The number of nitrogens with zero attached hydrogens (tertiary/aromatic N) is 10. The molecule has 7 aliphatic rings. The number of para-hydroxylation sites is 2. The molecule has 3 aromatic heterocycles. The fourth-order valence-electron chi connectivity index (χ4n) is 14.2. The second kappa shape index (κ2) is 27.6. The van der Waals surface area contributed by atoms with Gasteiger partial charge in [-0.25, -0.2) is 14.2 Å². The summed E-state index contributed by atoms with van der Waals surface area (Å²) in [6, 6.07) is 29.5. The number of carbonyl (C=O) groups excluding carboxylic acids is 9. The van der Waals surface area contributed by atoms with Gasteiger partial charge in [0.25, 0.3) is 5.91 Å². The number of aromatic nitrogens is 5. The number of piperazine rings is 1. The van der Waals surface area contributed by atoms with Crippen molar-refractivity contribution in [1.82, 2.24) is 59.5 Å². The lowest BCUT2D eigenvalue weighted by Crippen LogP contribution is -2.65. The quantitative estimate of drug-likeness (QED) is 0.0547. The molecule has 0 unspecified atom stereocenters. The van der Waals surface area contributed by atoms with Crippen molar-refractivity contribution in [2.45, 2.75) is 82.3 Å². The molecule has 4 saturated heterocycles. The maximum absolute atomic E-state index is 16.3. The molecule has 0 spiro atoms. The zero-order valence-electron chi connectivity index (χ0n) is 52.9. The molecule has 4 bridgehead atoms. The number of ether oxygens (including phenoxy) is 2. The molecular formula is C69H72ClFN13O11S+. The molecule has 4 fully saturated rings. The van der Waals surface area contributed by atoms with Crippen LogP contribution in [0.3, 0.4) is 0 Å². The number of benzene rings is 5. The summed E-state index contributed by atoms with van der Waals surface area (Å²) in [6.45, 7) is 2.28. The smallest absolute Gasteiger partial charge is 0.340 e. The predicted octanol–water partition coefficient (Wildman–Crippen LogP) is 6.72. The van der Waals surface area contributed by atoms with Crippen LogP contribution in [0, 0.1) is 11.7 Å². The summed E-state index contributed by atoms with van der Waals surface area (Å²) in [6.07, 6.45) is 6.15. The number of nitrogens with one attached hydrogen (secondary N) is 3. The summed E-state index contributed by atoms with van der Waals surface area (Å²) < 4.78 is 29.9. The highest BCUT2D eigenvalue weighted by molar-refractivity contribution is 7.22. The zero-order chi connectivity index (χ0) is 66.8. The first kappa shape index (κ1) is 65.0. The van der Waals surface area contributed by atoms with Gasteiger partial charge in [-0.05, 0) is 78.9 Å². The Morgan fingerprint density at radius 3 is 2.25 bits per heavy atom. The number of likely N-dealkylation sites (tertiary alicyclic amines) is 2. The first-order chi connectivity index (χ1) is 46.5. The van der Waals surface area contributed by atoms with E-state index in [0.717, 1.165) is 34.3 Å². The summed E-state index contributed by atoms with van der Waals surface area (Å²) in [7, 11) is 1.20. The van der Waals surface area contributed by atoms with E-state index >= 15 is 4.39 Å². The Balaban J connectivity index is 0.000000684. The molecule has 3 N–H and O–H groups in total. The summed E-state index contributed by atoms with van der Waals surface area (Å²) in [4.78, 5) is 131. The molecule has 5 aromatic carbocycles. The van der Waals surface area contributed by atoms with Crippen LogP contribution >= 0.6 is 22.9 Å². The van der Waals surface area contributed by atoms with Gasteiger partial charge in [0.05, 0.1) is 58.3 Å². The Hall–Kier alpha value is -9.66. The Bertz CT molecular complexity index is 4390. The predicted molar refractivity (Wildman–Crippen MR) is 356 cm³/mol. The Morgan fingerprint density at radius 2 is 1.49 bits per heavy atom. The Kier molecular flexibility index (Phi) is 18.7. The van der Waals surface area contributed by atoms with Gasteiger partial charge in [-0.15, -0.1) is 21.0 Å². The van der Waals surface area contributed by atoms with Crippen molar-refractivity contribution < 1.29 is 57.0 Å². The van der Waals surface area contributed by atoms with E-state index in [9.17, 15) is 43.2 Å². The molecule has 15 rings (SSSR count). The van der Waals surface area contributed by atoms with Crippen molar-refractivity contribution in [2.75, 3.05) is 91.0 Å². The highest BCUT2D eigenvalue weighted by atomic mass is 35.5. The third-order valence-corrected chi connectivity index (χ3v) is 21.1. The number of methoxy groups -OCH3 is 1. The van der Waals surface area contributed by atoms with Gasteiger partial charge in [-0.3, -0.25) is 43.0 Å². The van der Waals surface area contributed by atoms with Gasteiger partial charge in [0, 0.05) is 125 Å². The summed E-state index contributed by atoms with van der Waals surface area (Å²) >= 11 is 7.97. The van der Waals surface area contributed by atoms with Gasteiger partial charge in [0.1, 0.15) is 48.3 Å². The monoisotopic (exact) mass is 1340 g/mol. The lowest BCUT2D eigenvalue weighted by atomic mass is 9.88. The molecule has 27 heteroatoms. The van der Waals surface area contributed by atoms with Gasteiger partial charge in [-0.1, -0.05) is 64.9 Å². The van der Waals surface area contributed by atoms with E-state index in [1.807, 2.05) is 72.8 Å². The highest BCUT2D eigenvalue weighted by Gasteiger charge is 2.49. The number of hydrogen-bond acceptors (Lipinski definition) is 15. The number of hydrogen-bond donors (Lipinski definition) is 3. The van der Waals surface area contributed by atoms with Gasteiger partial charge in [0.15, 0.2) is 5.60 Å². The second-order valence-corrected chi connectivity index (χ2v) is 26.6. The minimum atomic E-state index is -1.26. The molecule has 498 valence electrons. The molecular weight excluding hydrogens is 1270 g/mol. The molecule has 0 saturated carbocycles. The number of halogens is 2. The van der Waals surface area contributed by atoms with Crippen molar-refractivity contribution >= 4 is 114 Å². The van der Waals surface area contributed by atoms with Gasteiger partial charge in [-0.2, -0.15) is 5.10 Å². The van der Waals surface area contributed by atoms with E-state index in [-0.39, 0.29) is 96.8 Å². The molecule has 7 aliphatic heterocycles. The number of anilines is 1. The van der Waals surface area contributed by atoms with Crippen molar-refractivity contribution in [3.05, 3.63) is 125 Å². The van der Waals surface area contributed by atoms with Crippen molar-refractivity contribution in [3.63, 3.8) is 0 Å². The molecule has 8 amide bonds. The number of fused-ring (bicyclic) bond motifs is 4. The van der Waals surface area contributed by atoms with Crippen LogP contribution in [0.15, 0.2) is 103 Å². The van der Waals surface area contributed by atoms with Gasteiger partial charge in [0.2, 0.25) is 35.9 Å². The van der Waals surface area contributed by atoms with Crippen LogP contribution in [0.2, 0.25) is 5.02 Å². The van der Waals surface area contributed by atoms with Crippen LogP contribution in [0.5, 0.6) is 5.75 Å². The van der Waals surface area contributed by atoms with Crippen LogP contribution in [-0.4, -0.2) is 189 Å². The number of quaternary nitrogens is 1. The highest BCUT2D eigenvalue weighted by Crippen LogP contribution is 2.44. The third kappa shape index (κ3) is 13.0. The Morgan fingerprint density at radius 1 is 0.771 bits per heavy atom. The number of esters is 1. The van der Waals surface area contributed by atoms with Gasteiger partial charge >= 0.3 is 11.9 Å². The van der Waals surface area contributed by atoms with E-state index in [2.05, 4.69) is 26.8 Å². The largest absolute Gasteiger partial charge is 0.477 e. The molecule has 0 aliphatic carbocycles. The van der Waals surface area contributed by atoms with Crippen LogP contribution in [0.25, 0.3) is 53.7 Å². The number of rotatable bonds is 15. The van der Waals surface area contributed by atoms with Crippen LogP contribution in [-0.2, 0) is 60.9 Å². The lowest BCUT2D eigenvalue weighted by Gasteiger charge is -2.45. The molecule has 8 aromatic rings. The second-order valence-electron chi connectivity index (χ2n) is 25.2. The lowest BCUT2D eigenvalue weighted by molar-refractivity contribution is -0.157. The Labute approximate surface area is 560 Å². The fraction of sp³-hybridized carbons (Fsp3) is 0.391. The third-order valence-electron chi connectivity index (χ3n) is 19.5. The van der Waals surface area contributed by atoms with E-state index in [1.165, 1.54) is 30.1 Å². The van der Waals surface area contributed by atoms with E-state index in [4.69, 9.17) is 31.5 Å². The molecule has 96 heavy (non-hydrogen) atoms. The topological polar surface area (TPSA) is 270 Å². The standard InChI is InChI=1S/C60H62ClFN12O10S.C9H9NO/c1-83-53(80)34-64-49(76)33-63-50(77)35-72-46-10-4-7-40-42-31-47-39(30-44(42)62)32-65-73(47)74(28-16-37(17-29-74)55(67-72)54(40)46)52(79)13-12-51(78)69-20-14-38(15-21-69)58(81)70-24-26-71(27-25-70)59(82)60(18-22-68(36-75)23-19-60)84-48-11-3-2-6-41(48)57-66-45-9-5-8-43(61)56(45)85-57;11-9-6-5-7-3-1-2-4-8(7)10-9/h2-11,30-32,36-38H,12-29,33-35H2,1H3,(H-,63,64,76,77);1-4H,5-6H2,(H,10,11)/p+1. The average molecular weight is 1350 g/mol. The number of thiazole rings is 1. The summed E-state index contributed by atoms with van der Waals surface area (Å²) in [5.74, 6) is -2.73. The zero-order valence-corrected chi connectivity index (χ0v) is 54.5. The molecule has 24 nitrogen and oxygen atoms in total. The minimum absolute atomic E-state index is 0.0187. The van der Waals surface area contributed by atoms with Crippen molar-refractivity contribution in [1.29, 1.82) is 0 Å². The normalized spacial score (nSPS) is 19.0. The van der Waals surface area contributed by atoms with E-state index < -0.39 is 29.2 Å².